The van der Waals surface area contributed by atoms with E-state index in [2.05, 4.69) is 0 Å². The van der Waals surface area contributed by atoms with Gasteiger partial charge in [0.25, 0.3) is 5.69 Å². The number of hydrogen-bond acceptors (Lipinski definition) is 4. The van der Waals surface area contributed by atoms with Gasteiger partial charge in [0.2, 0.25) is 0 Å². The topological polar surface area (TPSA) is 55.6 Å². The van der Waals surface area contributed by atoms with Gasteiger partial charge in [-0.15, -0.1) is 0 Å². The second-order valence-electron chi connectivity index (χ2n) is 5.06. The molecule has 1 aromatic rings. The lowest BCUT2D eigenvalue weighted by Crippen LogP contribution is -2.44. The van der Waals surface area contributed by atoms with Crippen molar-refractivity contribution >= 4 is 11.4 Å². The Balaban J connectivity index is 0.000000704. The van der Waals surface area contributed by atoms with Crippen LogP contribution in [0, 0.1) is 21.3 Å². The second-order valence-corrected chi connectivity index (χ2v) is 5.06. The highest BCUT2D eigenvalue weighted by molar-refractivity contribution is 5.53. The molecule has 0 aromatic heterocycles. The van der Waals surface area contributed by atoms with Crippen molar-refractivity contribution in [3.05, 3.63) is 34.1 Å². The maximum absolute atomic E-state index is 13.9. The molecule has 0 atom stereocenters. The molecule has 1 aromatic carbocycles. The Bertz CT molecular complexity index is 503. The summed E-state index contributed by atoms with van der Waals surface area (Å²) in [5.74, 6) is -0.526. The average Bonchev–Trinajstić information content (AvgIpc) is 2.86. The van der Waals surface area contributed by atoms with Crippen molar-refractivity contribution in [2.75, 3.05) is 31.2 Å². The summed E-state index contributed by atoms with van der Waals surface area (Å²) in [6, 6.07) is 3.82. The zero-order chi connectivity index (χ0) is 14.8. The summed E-state index contributed by atoms with van der Waals surface area (Å²) in [5, 5.41) is 10.6. The summed E-state index contributed by atoms with van der Waals surface area (Å²) >= 11 is 0. The van der Waals surface area contributed by atoms with Gasteiger partial charge >= 0.3 is 0 Å². The maximum Gasteiger partial charge on any atom is 0.272 e. The first-order valence-electron chi connectivity index (χ1n) is 6.86. The van der Waals surface area contributed by atoms with Crippen LogP contribution in [0.1, 0.15) is 20.3 Å². The molecule has 2 fully saturated rings. The van der Waals surface area contributed by atoms with Crippen molar-refractivity contribution in [2.45, 2.75) is 20.3 Å². The van der Waals surface area contributed by atoms with E-state index < -0.39 is 10.7 Å². The zero-order valence-corrected chi connectivity index (χ0v) is 11.8. The number of rotatable bonds is 2. The van der Waals surface area contributed by atoms with Gasteiger partial charge in [-0.05, 0) is 12.5 Å². The lowest BCUT2D eigenvalue weighted by Gasteiger charge is -2.37. The van der Waals surface area contributed by atoms with Crippen molar-refractivity contribution in [1.82, 2.24) is 0 Å². The Labute approximate surface area is 117 Å². The van der Waals surface area contributed by atoms with E-state index in [1.807, 2.05) is 18.7 Å². The minimum atomic E-state index is -0.585. The van der Waals surface area contributed by atoms with Crippen LogP contribution in [-0.4, -0.2) is 31.2 Å². The maximum atomic E-state index is 13.9. The number of non-ortho nitro benzene ring substituents is 1. The van der Waals surface area contributed by atoms with E-state index in [4.69, 9.17) is 4.74 Å². The molecule has 0 radical (unpaired) electrons. The molecule has 5 nitrogen and oxygen atoms in total. The SMILES string of the molecule is CC.O=[N+]([O-])c1ccc(N2CCC3(COC3)C2)c(F)c1. The van der Waals surface area contributed by atoms with Crippen LogP contribution in [0.5, 0.6) is 0 Å². The van der Waals surface area contributed by atoms with Crippen molar-refractivity contribution in [3.63, 3.8) is 0 Å². The molecular weight excluding hydrogens is 263 g/mol. The first-order valence-corrected chi connectivity index (χ1v) is 6.86. The standard InChI is InChI=1S/C12H13FN2O3.C2H6/c13-10-5-9(15(16)17)1-2-11(10)14-4-3-12(6-14)7-18-8-12;1-2/h1-2,5H,3-4,6-8H2;1-2H3. The van der Waals surface area contributed by atoms with Gasteiger partial charge in [-0.2, -0.15) is 0 Å². The van der Waals surface area contributed by atoms with Gasteiger partial charge in [0.15, 0.2) is 5.82 Å². The molecule has 0 unspecified atom stereocenters. The van der Waals surface area contributed by atoms with Crippen LogP contribution in [-0.2, 0) is 4.74 Å². The van der Waals surface area contributed by atoms with Gasteiger partial charge in [-0.3, -0.25) is 10.1 Å². The number of nitrogens with zero attached hydrogens (tertiary/aromatic N) is 2. The van der Waals surface area contributed by atoms with Crippen LogP contribution in [0.15, 0.2) is 18.2 Å². The number of hydrogen-bond donors (Lipinski definition) is 0. The third-order valence-corrected chi connectivity index (χ3v) is 3.74. The molecule has 0 aliphatic carbocycles. The van der Waals surface area contributed by atoms with E-state index in [9.17, 15) is 14.5 Å². The lowest BCUT2D eigenvalue weighted by molar-refractivity contribution is -0.385. The molecule has 2 heterocycles. The fourth-order valence-electron chi connectivity index (χ4n) is 2.63. The Morgan fingerprint density at radius 3 is 2.55 bits per heavy atom. The molecule has 6 heteroatoms. The van der Waals surface area contributed by atoms with Gasteiger partial charge in [-0.25, -0.2) is 4.39 Å². The van der Waals surface area contributed by atoms with Crippen LogP contribution in [0.2, 0.25) is 0 Å². The number of ether oxygens (including phenoxy) is 1. The number of halogens is 1. The molecule has 110 valence electrons. The van der Waals surface area contributed by atoms with Gasteiger partial charge in [0, 0.05) is 24.6 Å². The number of nitro benzene ring substituents is 1. The first kappa shape index (κ1) is 14.7. The largest absolute Gasteiger partial charge is 0.380 e. The highest BCUT2D eigenvalue weighted by atomic mass is 19.1. The normalized spacial score (nSPS) is 19.2. The molecule has 0 bridgehead atoms. The predicted octanol–water partition coefficient (Wildman–Crippen LogP) is 2.99. The number of anilines is 1. The first-order chi connectivity index (χ1) is 9.60. The van der Waals surface area contributed by atoms with Crippen LogP contribution < -0.4 is 4.90 Å². The smallest absolute Gasteiger partial charge is 0.272 e. The van der Waals surface area contributed by atoms with E-state index in [1.54, 1.807) is 0 Å². The minimum absolute atomic E-state index is 0.175. The van der Waals surface area contributed by atoms with Crippen LogP contribution >= 0.6 is 0 Å². The van der Waals surface area contributed by atoms with Crippen LogP contribution in [0.25, 0.3) is 0 Å². The van der Waals surface area contributed by atoms with E-state index in [0.717, 1.165) is 38.8 Å². The Morgan fingerprint density at radius 2 is 2.10 bits per heavy atom. The molecule has 2 saturated heterocycles. The molecule has 20 heavy (non-hydrogen) atoms. The highest BCUT2D eigenvalue weighted by Crippen LogP contribution is 2.40. The molecule has 0 amide bonds. The fraction of sp³-hybridized carbons (Fsp3) is 0.571. The lowest BCUT2D eigenvalue weighted by atomic mass is 9.85. The molecule has 0 N–H and O–H groups in total. The minimum Gasteiger partial charge on any atom is -0.380 e. The van der Waals surface area contributed by atoms with Crippen molar-refractivity contribution < 1.29 is 14.1 Å². The van der Waals surface area contributed by atoms with Crippen LogP contribution in [0.4, 0.5) is 15.8 Å². The Kier molecular flexibility index (Phi) is 4.23. The van der Waals surface area contributed by atoms with Crippen molar-refractivity contribution in [3.8, 4) is 0 Å². The predicted molar refractivity (Wildman–Crippen MR) is 74.5 cm³/mol. The highest BCUT2D eigenvalue weighted by Gasteiger charge is 2.44. The summed E-state index contributed by atoms with van der Waals surface area (Å²) in [7, 11) is 0. The zero-order valence-electron chi connectivity index (χ0n) is 11.8. The van der Waals surface area contributed by atoms with Crippen LogP contribution in [0.3, 0.4) is 0 Å². The monoisotopic (exact) mass is 282 g/mol. The molecule has 0 saturated carbocycles. The summed E-state index contributed by atoms with van der Waals surface area (Å²) in [4.78, 5) is 11.9. The Morgan fingerprint density at radius 1 is 1.40 bits per heavy atom. The van der Waals surface area contributed by atoms with Gasteiger partial charge in [-0.1, -0.05) is 13.8 Å². The number of benzene rings is 1. The van der Waals surface area contributed by atoms with E-state index in [-0.39, 0.29) is 11.1 Å². The third kappa shape index (κ3) is 2.60. The van der Waals surface area contributed by atoms with Gasteiger partial charge in [0.1, 0.15) is 0 Å². The average molecular weight is 282 g/mol. The second kappa shape index (κ2) is 5.75. The van der Waals surface area contributed by atoms with Gasteiger partial charge < -0.3 is 9.64 Å². The fourth-order valence-corrected chi connectivity index (χ4v) is 2.63. The quantitative estimate of drug-likeness (QED) is 0.618. The van der Waals surface area contributed by atoms with Gasteiger partial charge in [0.05, 0.1) is 29.9 Å². The summed E-state index contributed by atoms with van der Waals surface area (Å²) < 4.78 is 19.1. The third-order valence-electron chi connectivity index (χ3n) is 3.74. The van der Waals surface area contributed by atoms with E-state index >= 15 is 0 Å². The molecule has 1 spiro atoms. The molecular formula is C14H19FN2O3. The van der Waals surface area contributed by atoms with E-state index in [0.29, 0.717) is 5.69 Å². The Hall–Kier alpha value is -1.69. The van der Waals surface area contributed by atoms with E-state index in [1.165, 1.54) is 12.1 Å². The summed E-state index contributed by atoms with van der Waals surface area (Å²) in [6.07, 6.45) is 0.990. The molecule has 3 rings (SSSR count). The summed E-state index contributed by atoms with van der Waals surface area (Å²) in [6.45, 7) is 7.01. The summed E-state index contributed by atoms with van der Waals surface area (Å²) in [5.41, 5.74) is 0.412. The molecule has 2 aliphatic rings. The van der Waals surface area contributed by atoms with Crippen molar-refractivity contribution in [2.24, 2.45) is 5.41 Å². The van der Waals surface area contributed by atoms with Crippen molar-refractivity contribution in [1.29, 1.82) is 0 Å². The number of nitro groups is 1. The molecule has 2 aliphatic heterocycles.